The summed E-state index contributed by atoms with van der Waals surface area (Å²) in [5.74, 6) is 0.309. The molecule has 32 heteroatoms. The van der Waals surface area contributed by atoms with Crippen molar-refractivity contribution in [1.29, 1.82) is 0 Å². The highest BCUT2D eigenvalue weighted by molar-refractivity contribution is 6.32. The van der Waals surface area contributed by atoms with Crippen molar-refractivity contribution < 1.29 is 95.2 Å². The number of piperidine rings is 2. The van der Waals surface area contributed by atoms with Crippen LogP contribution in [-0.2, 0) is 131 Å². The number of hydrogen-bond acceptors (Lipinski definition) is 25. The predicted octanol–water partition coefficient (Wildman–Crippen LogP) is 9.57. The molecule has 0 spiro atoms. The number of nitrogens with zero attached hydrogens (tertiary/aromatic N) is 8. The maximum atomic E-state index is 13.1. The fourth-order valence-electron chi connectivity index (χ4n) is 19.2. The fraction of sp³-hybridized carbons (Fsp3) is 0.424. The molecule has 11 heterocycles. The minimum atomic E-state index is -0.649. The number of carbonyl (C=O) groups is 12. The number of imide groups is 2. The monoisotopic (exact) mass is 1800 g/mol. The largest absolute Gasteiger partial charge is 0.489 e. The van der Waals surface area contributed by atoms with Crippen LogP contribution < -0.4 is 34.9 Å². The number of benzene rings is 7. The first-order valence-corrected chi connectivity index (χ1v) is 45.4. The molecule has 0 radical (unpaired) electrons. The van der Waals surface area contributed by atoms with Gasteiger partial charge in [-0.15, -0.1) is 0 Å². The number of hydrogen-bond donors (Lipinski definition) is 3. The van der Waals surface area contributed by atoms with Crippen molar-refractivity contribution in [3.8, 4) is 23.0 Å². The van der Waals surface area contributed by atoms with E-state index in [0.717, 1.165) is 130 Å². The zero-order chi connectivity index (χ0) is 90.9. The van der Waals surface area contributed by atoms with E-state index in [1.165, 1.54) is 34.4 Å². The first-order chi connectivity index (χ1) is 63.6. The van der Waals surface area contributed by atoms with Gasteiger partial charge in [-0.25, -0.2) is 0 Å². The third kappa shape index (κ3) is 20.9. The van der Waals surface area contributed by atoms with E-state index in [-0.39, 0.29) is 104 Å². The van der Waals surface area contributed by atoms with Gasteiger partial charge in [0.2, 0.25) is 23.6 Å². The highest BCUT2D eigenvalue weighted by atomic mass is 35.5. The zero-order valence-electron chi connectivity index (χ0n) is 73.4. The van der Waals surface area contributed by atoms with Gasteiger partial charge in [0.1, 0.15) is 73.1 Å². The normalized spacial score (nSPS) is 22.0. The number of carbonyl (C=O) groups excluding carboxylic acids is 12. The molecular formula is C99H106ClN11O20. The smallest absolute Gasteiger partial charge is 0.255 e. The molecule has 684 valence electrons. The molecule has 12 aliphatic rings. The van der Waals surface area contributed by atoms with Gasteiger partial charge in [0.05, 0.1) is 101 Å². The second-order valence-electron chi connectivity index (χ2n) is 35.1. The highest BCUT2D eigenvalue weighted by Gasteiger charge is 2.46. The van der Waals surface area contributed by atoms with Crippen molar-refractivity contribution in [2.45, 2.75) is 199 Å². The molecule has 7 aromatic carbocycles. The van der Waals surface area contributed by atoms with Gasteiger partial charge in [0.25, 0.3) is 23.6 Å². The molecule has 2 bridgehead atoms. The van der Waals surface area contributed by atoms with Crippen LogP contribution >= 0.6 is 11.6 Å². The van der Waals surface area contributed by atoms with Crippen LogP contribution in [0.1, 0.15) is 191 Å². The summed E-state index contributed by atoms with van der Waals surface area (Å²) in [7, 11) is 1.82. The Morgan fingerprint density at radius 1 is 0.427 bits per heavy atom. The summed E-state index contributed by atoms with van der Waals surface area (Å²) in [4.78, 5) is 161. The van der Waals surface area contributed by atoms with Crippen molar-refractivity contribution in [3.05, 3.63) is 239 Å². The lowest BCUT2D eigenvalue weighted by molar-refractivity contribution is -0.138. The summed E-state index contributed by atoms with van der Waals surface area (Å²) in [5, 5.41) is 12.0. The van der Waals surface area contributed by atoms with E-state index in [4.69, 9.17) is 49.3 Å². The van der Waals surface area contributed by atoms with Crippen molar-refractivity contribution in [2.24, 2.45) is 0 Å². The van der Waals surface area contributed by atoms with Gasteiger partial charge < -0.3 is 62.6 Å². The maximum absolute atomic E-state index is 13.1. The van der Waals surface area contributed by atoms with E-state index in [0.29, 0.717) is 152 Å². The van der Waals surface area contributed by atoms with Crippen LogP contribution in [0, 0.1) is 6.92 Å². The Bertz CT molecular complexity index is 5500. The average Bonchev–Trinajstić information content (AvgIpc) is 1.63. The molecule has 10 aliphatic heterocycles. The van der Waals surface area contributed by atoms with Crippen molar-refractivity contribution >= 4 is 82.0 Å². The summed E-state index contributed by atoms with van der Waals surface area (Å²) in [5.41, 5.74) is 13.8. The molecule has 6 saturated heterocycles. The number of amides is 8. The Balaban J connectivity index is 0.000000123. The van der Waals surface area contributed by atoms with Crippen LogP contribution in [0.5, 0.6) is 23.0 Å². The maximum Gasteiger partial charge on any atom is 0.255 e. The first-order valence-electron chi connectivity index (χ1n) is 45.1. The van der Waals surface area contributed by atoms with Crippen molar-refractivity contribution in [3.63, 3.8) is 0 Å². The highest BCUT2D eigenvalue weighted by Crippen LogP contribution is 2.43. The fourth-order valence-corrected chi connectivity index (χ4v) is 19.5. The molecular weight excluding hydrogens is 1700 g/mol. The number of morpholine rings is 3. The number of aryl methyl sites for hydroxylation is 1. The molecule has 3 N–H and O–H groups in total. The van der Waals surface area contributed by atoms with Crippen LogP contribution in [0.15, 0.2) is 144 Å². The van der Waals surface area contributed by atoms with E-state index in [9.17, 15) is 57.5 Å². The van der Waals surface area contributed by atoms with E-state index in [2.05, 4.69) is 96.5 Å². The lowest BCUT2D eigenvalue weighted by Gasteiger charge is -2.34. The molecule has 2 aliphatic carbocycles. The third-order valence-corrected chi connectivity index (χ3v) is 26.7. The zero-order valence-corrected chi connectivity index (χ0v) is 74.2. The Hall–Kier alpha value is -12.2. The molecule has 2 saturated carbocycles. The minimum Gasteiger partial charge on any atom is -0.489 e. The SMILES string of the molecule is CNCc1cc(COc2cccc3c2CN(C2CCC(=O)NC2=O)C3=O)on1.Cc1ccc2c(c1OCc1ccc(CN3CCOCC3)cc1)CN(C1CCC(=O)NC1=O)C2=O.O=C1CCC(N2Cc3c(OCc4ccc(CN5C6CCC5COC6)cc4)cccc3C2=O)C(=O)C1.O=C1CCC(N2Cc3c(ccc(Cl)c3OCc3ccc(CN4CCOCC4)cc3)C2=O)C(=O)C1. The minimum absolute atomic E-state index is 0.0391. The Morgan fingerprint density at radius 2 is 0.832 bits per heavy atom. The Labute approximate surface area is 762 Å². The molecule has 8 aromatic rings. The lowest BCUT2D eigenvalue weighted by atomic mass is 9.92. The standard InChI is InChI=1S/C28H30N2O5.C26H27ClN2O5.C26H29N3O5.C19H20N4O5/c31-22-10-11-25(26(32)12-22)30-14-24-23(28(30)33)2-1-3-27(24)35-15-19-6-4-18(5-7-19)13-29-20-8-9-21(29)17-34-16-20;27-22-7-6-20-21(15-29(26(20)32)23-8-5-19(30)13-24(23)31)25(22)34-16-18-3-1-17(2-4-18)14-28-9-11-33-12-10-28;1-17-2-7-20-21(15-29(26(20)32)22-8-9-23(30)27-25(22)31)24(17)34-16-19-5-3-18(4-6-19)14-28-10-12-33-13-11-28;1-20-8-11-7-12(28-22-11)10-27-16-4-2-3-13-14(16)9-23(19(13)26)15-5-6-17(24)21-18(15)25/h1-7,20-21,25H,8-17H2;1-4,6-7,23H,5,8-16H2;2-7,22H,8-16H2,1H3,(H,27,30,31);2-4,7,15,20H,5-6,8-10H2,1H3,(H,21,24,25). The quantitative estimate of drug-likeness (QED) is 0.0374. The summed E-state index contributed by atoms with van der Waals surface area (Å²) in [6, 6.07) is 43.6. The van der Waals surface area contributed by atoms with Gasteiger partial charge in [0.15, 0.2) is 17.3 Å². The van der Waals surface area contributed by atoms with Gasteiger partial charge in [0, 0.05) is 141 Å². The van der Waals surface area contributed by atoms with Crippen LogP contribution in [0.25, 0.3) is 0 Å². The van der Waals surface area contributed by atoms with Gasteiger partial charge in [-0.3, -0.25) is 82.9 Å². The van der Waals surface area contributed by atoms with Crippen LogP contribution in [-0.4, -0.2) is 219 Å². The van der Waals surface area contributed by atoms with Crippen molar-refractivity contribution in [2.75, 3.05) is 72.9 Å². The van der Waals surface area contributed by atoms with Gasteiger partial charge >= 0.3 is 0 Å². The molecule has 1 aromatic heterocycles. The van der Waals surface area contributed by atoms with Crippen LogP contribution in [0.4, 0.5) is 0 Å². The average molecular weight is 1810 g/mol. The number of aromatic nitrogens is 1. The number of rotatable bonds is 24. The number of Topliss-reactive ketones (excluding diaryl/α,β-unsaturated/α-hetero) is 4. The number of fused-ring (bicyclic) bond motifs is 6. The molecule has 6 unspecified atom stereocenters. The van der Waals surface area contributed by atoms with Gasteiger partial charge in [-0.1, -0.05) is 108 Å². The third-order valence-electron chi connectivity index (χ3n) is 26.4. The first kappa shape index (κ1) is 90.7. The second kappa shape index (κ2) is 41.1. The number of ether oxygens (including phenoxy) is 7. The number of halogens is 1. The number of ketones is 4. The topological polar surface area (TPSA) is 354 Å². The van der Waals surface area contributed by atoms with Gasteiger partial charge in [-0.05, 0) is 134 Å². The molecule has 8 fully saturated rings. The molecule has 8 amide bonds. The Morgan fingerprint density at radius 3 is 1.30 bits per heavy atom. The van der Waals surface area contributed by atoms with E-state index >= 15 is 0 Å². The van der Waals surface area contributed by atoms with Gasteiger partial charge in [-0.2, -0.15) is 0 Å². The summed E-state index contributed by atoms with van der Waals surface area (Å²) < 4.78 is 46.1. The summed E-state index contributed by atoms with van der Waals surface area (Å²) in [6.45, 7) is 16.4. The molecule has 131 heavy (non-hydrogen) atoms. The van der Waals surface area contributed by atoms with E-state index in [1.807, 2.05) is 44.3 Å². The van der Waals surface area contributed by atoms with E-state index < -0.39 is 36.0 Å². The summed E-state index contributed by atoms with van der Waals surface area (Å²) in [6.07, 6.45) is 4.86. The molecule has 31 nitrogen and oxygen atoms in total. The van der Waals surface area contributed by atoms with Crippen LogP contribution in [0.3, 0.4) is 0 Å². The van der Waals surface area contributed by atoms with Crippen LogP contribution in [0.2, 0.25) is 5.02 Å². The second-order valence-corrected chi connectivity index (χ2v) is 35.5. The van der Waals surface area contributed by atoms with Crippen molar-refractivity contribution in [1.82, 2.24) is 55.4 Å². The number of nitrogens with one attached hydrogen (secondary N) is 3. The van der Waals surface area contributed by atoms with E-state index in [1.54, 1.807) is 63.2 Å². The Kier molecular flexibility index (Phi) is 28.4. The lowest BCUT2D eigenvalue weighted by Crippen LogP contribution is -2.52. The predicted molar refractivity (Wildman–Crippen MR) is 474 cm³/mol. The molecule has 20 rings (SSSR count). The summed E-state index contributed by atoms with van der Waals surface area (Å²) >= 11 is 6.45. The molecule has 6 atom stereocenters.